The Morgan fingerprint density at radius 3 is 2.28 bits per heavy atom. The van der Waals surface area contributed by atoms with Crippen LogP contribution in [-0.4, -0.2) is 5.11 Å². The highest BCUT2D eigenvalue weighted by Crippen LogP contribution is 2.29. The highest BCUT2D eigenvalue weighted by Gasteiger charge is 2.02. The van der Waals surface area contributed by atoms with Crippen LogP contribution in [0.15, 0.2) is 60.7 Å². The molecule has 0 saturated carbocycles. The Bertz CT molecular complexity index is 702. The molecule has 0 spiro atoms. The summed E-state index contributed by atoms with van der Waals surface area (Å²) in [7, 11) is 0. The maximum Gasteiger partial charge on any atom is 0.123 e. The minimum atomic E-state index is -0.239. The molecule has 18 heavy (non-hydrogen) atoms. The molecule has 3 rings (SSSR count). The molecule has 0 radical (unpaired) electrons. The number of benzene rings is 3. The first-order valence-electron chi connectivity index (χ1n) is 5.72. The van der Waals surface area contributed by atoms with Crippen LogP contribution in [0.1, 0.15) is 0 Å². The molecule has 0 fully saturated rings. The molecule has 0 aromatic heterocycles. The summed E-state index contributed by atoms with van der Waals surface area (Å²) in [6.07, 6.45) is 0. The number of halogens is 1. The minimum absolute atomic E-state index is 0.239. The summed E-state index contributed by atoms with van der Waals surface area (Å²) in [5.41, 5.74) is 1.97. The summed E-state index contributed by atoms with van der Waals surface area (Å²) >= 11 is 0. The Kier molecular flexibility index (Phi) is 2.49. The van der Waals surface area contributed by atoms with Crippen LogP contribution in [-0.2, 0) is 0 Å². The standard InChI is InChI=1S/C16H11FO/c17-14-7-4-11(5-8-14)12-6-9-15-13(10-12)2-1-3-16(15)18/h1-10,18H. The van der Waals surface area contributed by atoms with Crippen molar-refractivity contribution in [3.63, 3.8) is 0 Å². The molecule has 0 unspecified atom stereocenters. The van der Waals surface area contributed by atoms with E-state index in [1.54, 1.807) is 18.2 Å². The van der Waals surface area contributed by atoms with Crippen LogP contribution in [0.5, 0.6) is 5.75 Å². The SMILES string of the molecule is Oc1cccc2cc(-c3ccc(F)cc3)ccc12. The van der Waals surface area contributed by atoms with Crippen LogP contribution < -0.4 is 0 Å². The molecule has 0 aliphatic rings. The number of phenols is 1. The van der Waals surface area contributed by atoms with Crippen molar-refractivity contribution in [3.8, 4) is 16.9 Å². The van der Waals surface area contributed by atoms with Gasteiger partial charge in [0.25, 0.3) is 0 Å². The molecular weight excluding hydrogens is 227 g/mol. The predicted octanol–water partition coefficient (Wildman–Crippen LogP) is 4.35. The van der Waals surface area contributed by atoms with Crippen LogP contribution in [0.3, 0.4) is 0 Å². The first-order valence-corrected chi connectivity index (χ1v) is 5.72. The third-order valence-electron chi connectivity index (χ3n) is 3.03. The summed E-state index contributed by atoms with van der Waals surface area (Å²) < 4.78 is 12.9. The molecule has 1 nitrogen and oxygen atoms in total. The molecule has 3 aromatic rings. The van der Waals surface area contributed by atoms with Gasteiger partial charge in [-0.25, -0.2) is 4.39 Å². The van der Waals surface area contributed by atoms with Gasteiger partial charge in [0, 0.05) is 5.39 Å². The lowest BCUT2D eigenvalue weighted by molar-refractivity contribution is 0.481. The van der Waals surface area contributed by atoms with Gasteiger partial charge < -0.3 is 5.11 Å². The van der Waals surface area contributed by atoms with Crippen LogP contribution in [0.25, 0.3) is 21.9 Å². The second kappa shape index (κ2) is 4.15. The smallest absolute Gasteiger partial charge is 0.123 e. The number of hydrogen-bond donors (Lipinski definition) is 1. The summed E-state index contributed by atoms with van der Waals surface area (Å²) in [6, 6.07) is 17.6. The van der Waals surface area contributed by atoms with Crippen molar-refractivity contribution >= 4 is 10.8 Å². The lowest BCUT2D eigenvalue weighted by Gasteiger charge is -2.05. The predicted molar refractivity (Wildman–Crippen MR) is 71.0 cm³/mol. The van der Waals surface area contributed by atoms with Crippen LogP contribution in [0.2, 0.25) is 0 Å². The van der Waals surface area contributed by atoms with E-state index in [9.17, 15) is 9.50 Å². The molecule has 88 valence electrons. The van der Waals surface area contributed by atoms with E-state index < -0.39 is 0 Å². The molecular formula is C16H11FO. The lowest BCUT2D eigenvalue weighted by atomic mass is 10.0. The molecule has 0 amide bonds. The van der Waals surface area contributed by atoms with Gasteiger partial charge in [0.1, 0.15) is 11.6 Å². The van der Waals surface area contributed by atoms with Gasteiger partial charge in [-0.3, -0.25) is 0 Å². The number of aromatic hydroxyl groups is 1. The third-order valence-corrected chi connectivity index (χ3v) is 3.03. The number of hydrogen-bond acceptors (Lipinski definition) is 1. The van der Waals surface area contributed by atoms with Gasteiger partial charge in [0.05, 0.1) is 0 Å². The molecule has 0 saturated heterocycles. The maximum absolute atomic E-state index is 12.9. The minimum Gasteiger partial charge on any atom is -0.507 e. The van der Waals surface area contributed by atoms with Crippen molar-refractivity contribution in [1.82, 2.24) is 0 Å². The Morgan fingerprint density at radius 1 is 0.778 bits per heavy atom. The normalized spacial score (nSPS) is 10.7. The second-order valence-corrected chi connectivity index (χ2v) is 4.22. The number of rotatable bonds is 1. The third kappa shape index (κ3) is 1.82. The summed E-state index contributed by atoms with van der Waals surface area (Å²) in [6.45, 7) is 0. The zero-order valence-electron chi connectivity index (χ0n) is 9.60. The molecule has 0 atom stereocenters. The van der Waals surface area contributed by atoms with Crippen molar-refractivity contribution < 1.29 is 9.50 Å². The van der Waals surface area contributed by atoms with E-state index in [1.165, 1.54) is 12.1 Å². The van der Waals surface area contributed by atoms with Gasteiger partial charge in [-0.05, 0) is 40.8 Å². The fourth-order valence-corrected chi connectivity index (χ4v) is 2.09. The lowest BCUT2D eigenvalue weighted by Crippen LogP contribution is -1.80. The van der Waals surface area contributed by atoms with E-state index in [0.29, 0.717) is 0 Å². The van der Waals surface area contributed by atoms with E-state index in [-0.39, 0.29) is 11.6 Å². The average Bonchev–Trinajstić information content (AvgIpc) is 2.39. The van der Waals surface area contributed by atoms with Gasteiger partial charge in [-0.1, -0.05) is 36.4 Å². The summed E-state index contributed by atoms with van der Waals surface area (Å²) in [5.74, 6) is 0.0374. The molecule has 1 N–H and O–H groups in total. The first-order chi connectivity index (χ1) is 8.74. The monoisotopic (exact) mass is 238 g/mol. The fourth-order valence-electron chi connectivity index (χ4n) is 2.09. The molecule has 0 bridgehead atoms. The number of phenolic OH excluding ortho intramolecular Hbond substituents is 1. The van der Waals surface area contributed by atoms with E-state index in [2.05, 4.69) is 0 Å². The Hall–Kier alpha value is -2.35. The van der Waals surface area contributed by atoms with Crippen LogP contribution in [0, 0.1) is 5.82 Å². The second-order valence-electron chi connectivity index (χ2n) is 4.22. The van der Waals surface area contributed by atoms with Crippen LogP contribution in [0.4, 0.5) is 4.39 Å². The Morgan fingerprint density at radius 2 is 1.50 bits per heavy atom. The van der Waals surface area contributed by atoms with Gasteiger partial charge in [-0.2, -0.15) is 0 Å². The molecule has 0 heterocycles. The van der Waals surface area contributed by atoms with Crippen molar-refractivity contribution in [1.29, 1.82) is 0 Å². The number of fused-ring (bicyclic) bond motifs is 1. The first kappa shape index (κ1) is 10.8. The highest BCUT2D eigenvalue weighted by molar-refractivity contribution is 5.91. The van der Waals surface area contributed by atoms with Gasteiger partial charge in [0.15, 0.2) is 0 Å². The topological polar surface area (TPSA) is 20.2 Å². The highest BCUT2D eigenvalue weighted by atomic mass is 19.1. The van der Waals surface area contributed by atoms with Gasteiger partial charge in [-0.15, -0.1) is 0 Å². The average molecular weight is 238 g/mol. The zero-order valence-corrected chi connectivity index (χ0v) is 9.60. The summed E-state index contributed by atoms with van der Waals surface area (Å²) in [4.78, 5) is 0. The van der Waals surface area contributed by atoms with E-state index in [1.807, 2.05) is 30.3 Å². The van der Waals surface area contributed by atoms with Crippen molar-refractivity contribution in [3.05, 3.63) is 66.5 Å². The summed E-state index contributed by atoms with van der Waals surface area (Å²) in [5, 5.41) is 11.5. The van der Waals surface area contributed by atoms with Crippen molar-refractivity contribution in [2.75, 3.05) is 0 Å². The maximum atomic E-state index is 12.9. The van der Waals surface area contributed by atoms with Crippen LogP contribution >= 0.6 is 0 Å². The van der Waals surface area contributed by atoms with Gasteiger partial charge >= 0.3 is 0 Å². The van der Waals surface area contributed by atoms with E-state index in [4.69, 9.17) is 0 Å². The molecule has 0 aliphatic heterocycles. The fraction of sp³-hybridized carbons (Fsp3) is 0. The quantitative estimate of drug-likeness (QED) is 0.668. The molecule has 3 aromatic carbocycles. The Balaban J connectivity index is 2.16. The van der Waals surface area contributed by atoms with Crippen molar-refractivity contribution in [2.45, 2.75) is 0 Å². The van der Waals surface area contributed by atoms with E-state index >= 15 is 0 Å². The molecule has 2 heteroatoms. The van der Waals surface area contributed by atoms with Gasteiger partial charge in [0.2, 0.25) is 0 Å². The van der Waals surface area contributed by atoms with E-state index in [0.717, 1.165) is 21.9 Å². The van der Waals surface area contributed by atoms with Crippen molar-refractivity contribution in [2.24, 2.45) is 0 Å². The molecule has 0 aliphatic carbocycles. The Labute approximate surface area is 104 Å². The largest absolute Gasteiger partial charge is 0.507 e. The zero-order chi connectivity index (χ0) is 12.5.